The molecule has 0 aromatic carbocycles. The molecule has 110 valence electrons. The lowest BCUT2D eigenvalue weighted by Crippen LogP contribution is -2.53. The van der Waals surface area contributed by atoms with Crippen LogP contribution in [-0.4, -0.2) is 60.9 Å². The van der Waals surface area contributed by atoms with Crippen molar-refractivity contribution in [2.24, 2.45) is 5.73 Å². The van der Waals surface area contributed by atoms with Gasteiger partial charge < -0.3 is 10.6 Å². The van der Waals surface area contributed by atoms with E-state index in [1.165, 1.54) is 0 Å². The third-order valence-electron chi connectivity index (χ3n) is 2.84. The summed E-state index contributed by atoms with van der Waals surface area (Å²) in [6.45, 7) is 3.66. The first-order valence-electron chi connectivity index (χ1n) is 5.59. The third-order valence-corrected chi connectivity index (χ3v) is 2.84. The summed E-state index contributed by atoms with van der Waals surface area (Å²) in [5.41, 5.74) is 5.64. The molecule has 2 N–H and O–H groups in total. The summed E-state index contributed by atoms with van der Waals surface area (Å²) in [5.74, 6) is -0.0702. The van der Waals surface area contributed by atoms with Crippen LogP contribution in [0.15, 0.2) is 0 Å². The fraction of sp³-hybridized carbons (Fsp3) is 0.900. The van der Waals surface area contributed by atoms with Gasteiger partial charge in [-0.05, 0) is 6.42 Å². The molecule has 0 bridgehead atoms. The van der Waals surface area contributed by atoms with Gasteiger partial charge in [-0.1, -0.05) is 6.92 Å². The molecule has 1 aliphatic heterocycles. The summed E-state index contributed by atoms with van der Waals surface area (Å²) in [6.07, 6.45) is -1.70. The first-order chi connectivity index (χ1) is 7.54. The first-order valence-corrected chi connectivity index (χ1v) is 5.59. The quantitative estimate of drug-likeness (QED) is 0.842. The van der Waals surface area contributed by atoms with Crippen molar-refractivity contribution in [2.75, 3.05) is 32.7 Å². The van der Waals surface area contributed by atoms with Crippen molar-refractivity contribution >= 4 is 30.7 Å². The van der Waals surface area contributed by atoms with Crippen molar-refractivity contribution in [2.45, 2.75) is 25.8 Å². The maximum Gasteiger partial charge on any atom is 0.251 e. The van der Waals surface area contributed by atoms with E-state index < -0.39 is 12.5 Å². The molecule has 0 radical (unpaired) electrons. The minimum Gasteiger partial charge on any atom is -0.339 e. The lowest BCUT2D eigenvalue weighted by Gasteiger charge is -2.35. The topological polar surface area (TPSA) is 49.6 Å². The molecule has 1 saturated heterocycles. The van der Waals surface area contributed by atoms with E-state index in [0.29, 0.717) is 32.6 Å². The summed E-state index contributed by atoms with van der Waals surface area (Å²) < 4.78 is 24.2. The zero-order valence-electron chi connectivity index (χ0n) is 10.3. The second kappa shape index (κ2) is 9.72. The lowest BCUT2D eigenvalue weighted by molar-refractivity contribution is -0.134. The highest BCUT2D eigenvalue weighted by Gasteiger charge is 2.25. The van der Waals surface area contributed by atoms with Crippen LogP contribution in [0.25, 0.3) is 0 Å². The van der Waals surface area contributed by atoms with Gasteiger partial charge in [-0.3, -0.25) is 9.69 Å². The Kier molecular flexibility index (Phi) is 10.9. The van der Waals surface area contributed by atoms with Gasteiger partial charge in [0.05, 0.1) is 12.6 Å². The number of alkyl halides is 2. The number of halogens is 4. The van der Waals surface area contributed by atoms with Gasteiger partial charge in [0, 0.05) is 26.2 Å². The number of hydrogen-bond donors (Lipinski definition) is 1. The smallest absolute Gasteiger partial charge is 0.251 e. The zero-order valence-corrected chi connectivity index (χ0v) is 12.0. The van der Waals surface area contributed by atoms with E-state index >= 15 is 0 Å². The maximum absolute atomic E-state index is 12.1. The Morgan fingerprint density at radius 2 is 1.72 bits per heavy atom. The lowest BCUT2D eigenvalue weighted by atomic mass is 10.2. The molecular formula is C10H21Cl2F2N3O. The Morgan fingerprint density at radius 1 is 1.22 bits per heavy atom. The standard InChI is InChI=1S/C10H19F2N3O.2ClH/c1-2-8(13)10(16)15-5-3-14(4-6-15)7-9(11)12;;/h8-9H,2-7,13H2,1H3;2*1H/t8-;;/m0../s1. The molecule has 1 atom stereocenters. The van der Waals surface area contributed by atoms with Crippen molar-refractivity contribution in [3.8, 4) is 0 Å². The maximum atomic E-state index is 12.1. The average Bonchev–Trinajstić information content (AvgIpc) is 2.27. The van der Waals surface area contributed by atoms with Crippen LogP contribution < -0.4 is 5.73 Å². The predicted octanol–water partition coefficient (Wildman–Crippen LogP) is 0.977. The Bertz CT molecular complexity index is 239. The summed E-state index contributed by atoms with van der Waals surface area (Å²) in [7, 11) is 0. The molecular weight excluding hydrogens is 287 g/mol. The minimum absolute atomic E-state index is 0. The average molecular weight is 308 g/mol. The van der Waals surface area contributed by atoms with Crippen LogP contribution in [-0.2, 0) is 4.79 Å². The normalized spacial score (nSPS) is 17.9. The fourth-order valence-electron chi connectivity index (χ4n) is 1.76. The molecule has 1 rings (SSSR count). The highest BCUT2D eigenvalue weighted by Crippen LogP contribution is 2.06. The Labute approximate surface area is 119 Å². The molecule has 1 amide bonds. The highest BCUT2D eigenvalue weighted by atomic mass is 35.5. The summed E-state index contributed by atoms with van der Waals surface area (Å²) in [5, 5.41) is 0. The minimum atomic E-state index is -2.31. The van der Waals surface area contributed by atoms with Gasteiger partial charge in [-0.2, -0.15) is 0 Å². The van der Waals surface area contributed by atoms with Gasteiger partial charge in [0.25, 0.3) is 6.43 Å². The summed E-state index contributed by atoms with van der Waals surface area (Å²) >= 11 is 0. The number of carbonyl (C=O) groups is 1. The van der Waals surface area contributed by atoms with Crippen LogP contribution in [0, 0.1) is 0 Å². The molecule has 4 nitrogen and oxygen atoms in total. The molecule has 0 aromatic heterocycles. The van der Waals surface area contributed by atoms with Gasteiger partial charge in [-0.25, -0.2) is 8.78 Å². The largest absolute Gasteiger partial charge is 0.339 e. The van der Waals surface area contributed by atoms with E-state index in [-0.39, 0.29) is 37.3 Å². The van der Waals surface area contributed by atoms with E-state index in [2.05, 4.69) is 0 Å². The van der Waals surface area contributed by atoms with Gasteiger partial charge in [0.1, 0.15) is 0 Å². The van der Waals surface area contributed by atoms with Crippen molar-refractivity contribution in [3.05, 3.63) is 0 Å². The number of amides is 1. The Balaban J connectivity index is 0. The number of carbonyl (C=O) groups excluding carboxylic acids is 1. The number of nitrogens with two attached hydrogens (primary N) is 1. The van der Waals surface area contributed by atoms with Crippen LogP contribution in [0.1, 0.15) is 13.3 Å². The molecule has 0 spiro atoms. The van der Waals surface area contributed by atoms with Crippen molar-refractivity contribution in [1.82, 2.24) is 9.80 Å². The molecule has 8 heteroatoms. The van der Waals surface area contributed by atoms with Gasteiger partial charge in [-0.15, -0.1) is 24.8 Å². The van der Waals surface area contributed by atoms with Crippen LogP contribution in [0.5, 0.6) is 0 Å². The second-order valence-electron chi connectivity index (χ2n) is 4.03. The highest BCUT2D eigenvalue weighted by molar-refractivity contribution is 5.85. The van der Waals surface area contributed by atoms with Crippen LogP contribution >= 0.6 is 24.8 Å². The molecule has 1 heterocycles. The van der Waals surface area contributed by atoms with Crippen molar-refractivity contribution in [3.63, 3.8) is 0 Å². The molecule has 0 unspecified atom stereocenters. The van der Waals surface area contributed by atoms with Gasteiger partial charge in [0.2, 0.25) is 5.91 Å². The molecule has 0 saturated carbocycles. The number of nitrogens with zero attached hydrogens (tertiary/aromatic N) is 2. The van der Waals surface area contributed by atoms with Crippen LogP contribution in [0.3, 0.4) is 0 Å². The van der Waals surface area contributed by atoms with Crippen molar-refractivity contribution in [1.29, 1.82) is 0 Å². The van der Waals surface area contributed by atoms with Crippen molar-refractivity contribution < 1.29 is 13.6 Å². The van der Waals surface area contributed by atoms with E-state index in [1.54, 1.807) is 9.80 Å². The first kappa shape index (κ1) is 20.2. The Morgan fingerprint density at radius 3 is 2.11 bits per heavy atom. The molecule has 0 aliphatic carbocycles. The summed E-state index contributed by atoms with van der Waals surface area (Å²) in [6, 6.07) is -0.457. The van der Waals surface area contributed by atoms with E-state index in [4.69, 9.17) is 5.73 Å². The number of hydrogen-bond acceptors (Lipinski definition) is 3. The molecule has 0 aromatic rings. The van der Waals surface area contributed by atoms with Crippen LogP contribution in [0.2, 0.25) is 0 Å². The molecule has 18 heavy (non-hydrogen) atoms. The number of rotatable bonds is 4. The molecule has 1 fully saturated rings. The predicted molar refractivity (Wildman–Crippen MR) is 71.8 cm³/mol. The number of piperazine rings is 1. The van der Waals surface area contributed by atoms with Crippen LogP contribution in [0.4, 0.5) is 8.78 Å². The zero-order chi connectivity index (χ0) is 12.1. The summed E-state index contributed by atoms with van der Waals surface area (Å²) in [4.78, 5) is 15.0. The van der Waals surface area contributed by atoms with E-state index in [0.717, 1.165) is 0 Å². The Hall–Kier alpha value is -0.170. The monoisotopic (exact) mass is 307 g/mol. The van der Waals surface area contributed by atoms with Gasteiger partial charge >= 0.3 is 0 Å². The van der Waals surface area contributed by atoms with Gasteiger partial charge in [0.15, 0.2) is 0 Å². The SMILES string of the molecule is CC[C@H](N)C(=O)N1CCN(CC(F)F)CC1.Cl.Cl. The fourth-order valence-corrected chi connectivity index (χ4v) is 1.76. The van der Waals surface area contributed by atoms with E-state index in [9.17, 15) is 13.6 Å². The second-order valence-corrected chi connectivity index (χ2v) is 4.03. The third kappa shape index (κ3) is 6.13. The van der Waals surface area contributed by atoms with E-state index in [1.807, 2.05) is 6.92 Å². The molecule has 1 aliphatic rings.